The number of aromatic nitrogens is 4. The Labute approximate surface area is 113 Å². The van der Waals surface area contributed by atoms with Crippen LogP contribution in [0, 0.1) is 0 Å². The van der Waals surface area contributed by atoms with Crippen LogP contribution in [0.25, 0.3) is 22.4 Å². The van der Waals surface area contributed by atoms with Crippen LogP contribution >= 0.6 is 0 Å². The zero-order chi connectivity index (χ0) is 13.9. The Hall–Kier alpha value is -2.83. The molecule has 0 aliphatic heterocycles. The number of pyridine rings is 1. The zero-order valence-corrected chi connectivity index (χ0v) is 10.4. The Kier molecular flexibility index (Phi) is 3.08. The predicted molar refractivity (Wildman–Crippen MR) is 67.5 cm³/mol. The van der Waals surface area contributed by atoms with Gasteiger partial charge in [0, 0.05) is 17.7 Å². The van der Waals surface area contributed by atoms with Crippen LogP contribution in [0.5, 0.6) is 0 Å². The number of aryl methyl sites for hydroxylation is 1. The van der Waals surface area contributed by atoms with Crippen LogP contribution in [0.15, 0.2) is 41.3 Å². The molecule has 0 unspecified atom stereocenters. The van der Waals surface area contributed by atoms with E-state index in [1.807, 2.05) is 24.5 Å². The maximum Gasteiger partial charge on any atom is 0.309 e. The van der Waals surface area contributed by atoms with Crippen molar-refractivity contribution >= 4 is 17.1 Å². The molecular formula is C13H11N4O3+. The molecule has 3 heterocycles. The zero-order valence-electron chi connectivity index (χ0n) is 10.4. The highest BCUT2D eigenvalue weighted by Crippen LogP contribution is 2.24. The fourth-order valence-electron chi connectivity index (χ4n) is 1.90. The molecule has 20 heavy (non-hydrogen) atoms. The van der Waals surface area contributed by atoms with Gasteiger partial charge in [0.05, 0.1) is 11.6 Å². The number of fused-ring (bicyclic) bond motifs is 1. The van der Waals surface area contributed by atoms with Crippen LogP contribution in [-0.2, 0) is 11.3 Å². The predicted octanol–water partition coefficient (Wildman–Crippen LogP) is 1.05. The molecular weight excluding hydrogens is 260 g/mol. The summed E-state index contributed by atoms with van der Waals surface area (Å²) in [4.78, 5) is 10.5. The molecule has 0 radical (unpaired) electrons. The number of nitrogens with zero attached hydrogens (tertiary/aromatic N) is 4. The molecule has 0 spiro atoms. The van der Waals surface area contributed by atoms with Crippen LogP contribution in [0.4, 0.5) is 0 Å². The van der Waals surface area contributed by atoms with Crippen LogP contribution in [0.3, 0.4) is 0 Å². The van der Waals surface area contributed by atoms with Gasteiger partial charge in [-0.2, -0.15) is 5.10 Å². The number of carboxylic acids is 1. The summed E-state index contributed by atoms with van der Waals surface area (Å²) < 4.78 is 6.91. The van der Waals surface area contributed by atoms with Gasteiger partial charge in [-0.3, -0.25) is 4.79 Å². The van der Waals surface area contributed by atoms with Gasteiger partial charge in [0.1, 0.15) is 12.1 Å². The lowest BCUT2D eigenvalue weighted by Crippen LogP contribution is -2.33. The molecule has 0 bridgehead atoms. The summed E-state index contributed by atoms with van der Waals surface area (Å²) in [5.41, 5.74) is 1.97. The van der Waals surface area contributed by atoms with E-state index in [0.29, 0.717) is 18.0 Å². The highest BCUT2D eigenvalue weighted by atomic mass is 16.5. The molecule has 3 aromatic rings. The molecule has 3 aromatic heterocycles. The van der Waals surface area contributed by atoms with Gasteiger partial charge >= 0.3 is 5.97 Å². The Morgan fingerprint density at radius 3 is 2.85 bits per heavy atom. The van der Waals surface area contributed by atoms with Crippen molar-refractivity contribution in [2.45, 2.75) is 13.0 Å². The normalized spacial score (nSPS) is 10.8. The van der Waals surface area contributed by atoms with Gasteiger partial charge in [0.2, 0.25) is 0 Å². The minimum atomic E-state index is -0.817. The van der Waals surface area contributed by atoms with E-state index in [0.717, 1.165) is 10.9 Å². The third-order valence-corrected chi connectivity index (χ3v) is 2.91. The SMILES string of the molecule is O=C(O)CC[n+]1ccc(-c2noc3nnccc23)cc1. The van der Waals surface area contributed by atoms with E-state index in [2.05, 4.69) is 15.4 Å². The average Bonchev–Trinajstić information content (AvgIpc) is 2.89. The van der Waals surface area contributed by atoms with Gasteiger partial charge in [-0.25, -0.2) is 4.57 Å². The smallest absolute Gasteiger partial charge is 0.309 e. The average molecular weight is 271 g/mol. The van der Waals surface area contributed by atoms with Gasteiger partial charge in [0.25, 0.3) is 5.71 Å². The van der Waals surface area contributed by atoms with E-state index < -0.39 is 5.97 Å². The topological polar surface area (TPSA) is 93.0 Å². The van der Waals surface area contributed by atoms with E-state index in [9.17, 15) is 4.79 Å². The number of hydrogen-bond donors (Lipinski definition) is 1. The first-order valence-electron chi connectivity index (χ1n) is 6.02. The number of aliphatic carboxylic acids is 1. The highest BCUT2D eigenvalue weighted by molar-refractivity contribution is 5.88. The molecule has 0 atom stereocenters. The summed E-state index contributed by atoms with van der Waals surface area (Å²) in [6.07, 6.45) is 5.30. The van der Waals surface area contributed by atoms with Crippen molar-refractivity contribution in [2.75, 3.05) is 0 Å². The second-order valence-electron chi connectivity index (χ2n) is 4.25. The first kappa shape index (κ1) is 12.2. The van der Waals surface area contributed by atoms with E-state index in [-0.39, 0.29) is 6.42 Å². The van der Waals surface area contributed by atoms with E-state index in [4.69, 9.17) is 9.63 Å². The molecule has 0 saturated carbocycles. The molecule has 3 rings (SSSR count). The number of carboxylic acid groups (broad SMARTS) is 1. The Morgan fingerprint density at radius 1 is 1.30 bits per heavy atom. The minimum Gasteiger partial charge on any atom is -0.481 e. The van der Waals surface area contributed by atoms with Crippen LogP contribution < -0.4 is 4.57 Å². The van der Waals surface area contributed by atoms with Gasteiger partial charge in [0.15, 0.2) is 18.9 Å². The van der Waals surface area contributed by atoms with E-state index in [1.54, 1.807) is 16.8 Å². The van der Waals surface area contributed by atoms with Crippen molar-refractivity contribution < 1.29 is 19.0 Å². The first-order valence-corrected chi connectivity index (χ1v) is 6.02. The van der Waals surface area contributed by atoms with Crippen molar-refractivity contribution in [3.8, 4) is 11.3 Å². The molecule has 0 saturated heterocycles. The van der Waals surface area contributed by atoms with Crippen LogP contribution in [0.2, 0.25) is 0 Å². The van der Waals surface area contributed by atoms with Crippen molar-refractivity contribution in [1.29, 1.82) is 0 Å². The second-order valence-corrected chi connectivity index (χ2v) is 4.25. The molecule has 1 N–H and O–H groups in total. The molecule has 7 heteroatoms. The van der Waals surface area contributed by atoms with E-state index in [1.165, 1.54) is 0 Å². The Balaban J connectivity index is 1.89. The summed E-state index contributed by atoms with van der Waals surface area (Å²) >= 11 is 0. The lowest BCUT2D eigenvalue weighted by molar-refractivity contribution is -0.695. The van der Waals surface area contributed by atoms with Crippen LogP contribution in [0.1, 0.15) is 6.42 Å². The summed E-state index contributed by atoms with van der Waals surface area (Å²) in [6.45, 7) is 0.431. The monoisotopic (exact) mass is 271 g/mol. The lowest BCUT2D eigenvalue weighted by Gasteiger charge is -1.97. The highest BCUT2D eigenvalue weighted by Gasteiger charge is 2.13. The van der Waals surface area contributed by atoms with Crippen molar-refractivity contribution in [2.24, 2.45) is 0 Å². The summed E-state index contributed by atoms with van der Waals surface area (Å²) in [7, 11) is 0. The quantitative estimate of drug-likeness (QED) is 0.713. The second kappa shape index (κ2) is 5.04. The number of carbonyl (C=O) groups is 1. The molecule has 0 aromatic carbocycles. The minimum absolute atomic E-state index is 0.0898. The summed E-state index contributed by atoms with van der Waals surface area (Å²) in [5.74, 6) is -0.817. The molecule has 0 amide bonds. The van der Waals surface area contributed by atoms with Gasteiger partial charge in [-0.15, -0.1) is 5.10 Å². The first-order chi connectivity index (χ1) is 9.74. The maximum atomic E-state index is 10.5. The molecule has 100 valence electrons. The van der Waals surface area contributed by atoms with Crippen molar-refractivity contribution in [3.63, 3.8) is 0 Å². The number of rotatable bonds is 4. The Bertz CT molecular complexity index is 752. The van der Waals surface area contributed by atoms with Gasteiger partial charge < -0.3 is 9.63 Å². The van der Waals surface area contributed by atoms with Crippen molar-refractivity contribution in [1.82, 2.24) is 15.4 Å². The van der Waals surface area contributed by atoms with Crippen molar-refractivity contribution in [3.05, 3.63) is 36.8 Å². The Morgan fingerprint density at radius 2 is 2.10 bits per heavy atom. The third kappa shape index (κ3) is 2.33. The number of hydrogen-bond acceptors (Lipinski definition) is 5. The summed E-state index contributed by atoms with van der Waals surface area (Å²) in [5, 5.41) is 21.0. The molecule has 0 aliphatic carbocycles. The van der Waals surface area contributed by atoms with Crippen LogP contribution in [-0.4, -0.2) is 26.4 Å². The molecule has 0 fully saturated rings. The maximum absolute atomic E-state index is 10.5. The lowest BCUT2D eigenvalue weighted by atomic mass is 10.1. The van der Waals surface area contributed by atoms with Gasteiger partial charge in [-0.1, -0.05) is 5.16 Å². The van der Waals surface area contributed by atoms with Gasteiger partial charge in [-0.05, 0) is 6.07 Å². The fourth-order valence-corrected chi connectivity index (χ4v) is 1.90. The third-order valence-electron chi connectivity index (χ3n) is 2.91. The molecule has 7 nitrogen and oxygen atoms in total. The standard InChI is InChI=1S/C13H10N4O3/c18-11(19)4-8-17-6-2-9(3-7-17)12-10-1-5-14-15-13(10)20-16-12/h1-3,5-7H,4,8H2/p+1. The summed E-state index contributed by atoms with van der Waals surface area (Å²) in [6, 6.07) is 5.51. The fraction of sp³-hybridized carbons (Fsp3) is 0.154. The largest absolute Gasteiger partial charge is 0.481 e. The molecule has 0 aliphatic rings. The van der Waals surface area contributed by atoms with E-state index >= 15 is 0 Å².